The van der Waals surface area contributed by atoms with E-state index in [1.165, 1.54) is 4.88 Å². The molecule has 17 heavy (non-hydrogen) atoms. The van der Waals surface area contributed by atoms with Gasteiger partial charge in [0.15, 0.2) is 0 Å². The van der Waals surface area contributed by atoms with Gasteiger partial charge in [0.25, 0.3) is 0 Å². The summed E-state index contributed by atoms with van der Waals surface area (Å²) in [5, 5.41) is 12.1. The van der Waals surface area contributed by atoms with E-state index >= 15 is 0 Å². The predicted molar refractivity (Wildman–Crippen MR) is 71.7 cm³/mol. The number of pyridine rings is 1. The Labute approximate surface area is 109 Å². The minimum atomic E-state index is 0.157. The average Bonchev–Trinajstić information content (AvgIpc) is 2.74. The van der Waals surface area contributed by atoms with E-state index in [2.05, 4.69) is 10.3 Å². The maximum absolute atomic E-state index is 8.87. The Balaban J connectivity index is 1.96. The Morgan fingerprint density at radius 2 is 2.24 bits per heavy atom. The van der Waals surface area contributed by atoms with Gasteiger partial charge >= 0.3 is 0 Å². The number of hydrogen-bond donors (Lipinski definition) is 2. The first kappa shape index (κ1) is 12.4. The molecule has 0 atom stereocenters. The Bertz CT molecular complexity index is 487. The van der Waals surface area contributed by atoms with E-state index < -0.39 is 0 Å². The molecule has 0 aliphatic carbocycles. The van der Waals surface area contributed by atoms with E-state index in [1.807, 2.05) is 24.3 Å². The second kappa shape index (κ2) is 6.00. The second-order valence-electron chi connectivity index (χ2n) is 3.58. The Kier molecular flexibility index (Phi) is 4.36. The summed E-state index contributed by atoms with van der Waals surface area (Å²) in [5.41, 5.74) is 1.08. The number of hydrogen-bond acceptors (Lipinski definition) is 4. The lowest BCUT2D eigenvalue weighted by Crippen LogP contribution is -2.01. The summed E-state index contributed by atoms with van der Waals surface area (Å²) in [6.45, 7) is 0.872. The van der Waals surface area contributed by atoms with Gasteiger partial charge in [0.05, 0.1) is 10.9 Å². The molecule has 0 bridgehead atoms. The highest BCUT2D eigenvalue weighted by molar-refractivity contribution is 7.16. The third kappa shape index (κ3) is 3.70. The van der Waals surface area contributed by atoms with Gasteiger partial charge in [-0.05, 0) is 36.2 Å². The highest BCUT2D eigenvalue weighted by atomic mass is 35.5. The van der Waals surface area contributed by atoms with Crippen LogP contribution in [-0.2, 0) is 13.0 Å². The largest absolute Gasteiger partial charge is 0.396 e. The second-order valence-corrected chi connectivity index (χ2v) is 5.38. The van der Waals surface area contributed by atoms with Crippen LogP contribution in [0.4, 0.5) is 5.82 Å². The highest BCUT2D eigenvalue weighted by Crippen LogP contribution is 2.22. The van der Waals surface area contributed by atoms with Gasteiger partial charge in [0.1, 0.15) is 5.82 Å². The van der Waals surface area contributed by atoms with Crippen molar-refractivity contribution in [2.75, 3.05) is 11.9 Å². The molecule has 0 saturated carbocycles. The maximum Gasteiger partial charge on any atom is 0.126 e. The third-order valence-corrected chi connectivity index (χ3v) is 3.53. The fraction of sp³-hybridized carbons (Fsp3) is 0.250. The van der Waals surface area contributed by atoms with Crippen molar-refractivity contribution in [1.82, 2.24) is 4.98 Å². The van der Waals surface area contributed by atoms with Crippen LogP contribution in [-0.4, -0.2) is 16.7 Å². The number of thiophene rings is 1. The van der Waals surface area contributed by atoms with Gasteiger partial charge in [0, 0.05) is 17.7 Å². The molecule has 0 aliphatic heterocycles. The topological polar surface area (TPSA) is 45.2 Å². The molecule has 0 radical (unpaired) electrons. The van der Waals surface area contributed by atoms with Crippen molar-refractivity contribution < 1.29 is 5.11 Å². The summed E-state index contributed by atoms with van der Waals surface area (Å²) >= 11 is 7.41. The highest BCUT2D eigenvalue weighted by Gasteiger charge is 2.00. The molecular formula is C12H13ClN2OS. The number of rotatable bonds is 5. The quantitative estimate of drug-likeness (QED) is 0.876. The zero-order valence-electron chi connectivity index (χ0n) is 9.19. The number of nitrogens with one attached hydrogen (secondary N) is 1. The van der Waals surface area contributed by atoms with Crippen LogP contribution >= 0.6 is 22.9 Å². The summed E-state index contributed by atoms with van der Waals surface area (Å²) in [7, 11) is 0. The minimum absolute atomic E-state index is 0.157. The van der Waals surface area contributed by atoms with Gasteiger partial charge in [-0.15, -0.1) is 11.3 Å². The molecule has 0 saturated heterocycles. The molecule has 0 aliphatic rings. The Hall–Kier alpha value is -1.10. The summed E-state index contributed by atoms with van der Waals surface area (Å²) < 4.78 is 0.795. The van der Waals surface area contributed by atoms with Crippen LogP contribution in [0.3, 0.4) is 0 Å². The van der Waals surface area contributed by atoms with Gasteiger partial charge in [-0.25, -0.2) is 4.98 Å². The van der Waals surface area contributed by atoms with Gasteiger partial charge in [-0.1, -0.05) is 11.6 Å². The summed E-state index contributed by atoms with van der Waals surface area (Å²) in [6, 6.07) is 7.74. The van der Waals surface area contributed by atoms with E-state index in [1.54, 1.807) is 17.5 Å². The summed E-state index contributed by atoms with van der Waals surface area (Å²) in [4.78, 5) is 5.39. The predicted octanol–water partition coefficient (Wildman–Crippen LogP) is 2.94. The number of nitrogens with zero attached hydrogens (tertiary/aromatic N) is 1. The van der Waals surface area contributed by atoms with E-state index in [0.717, 1.165) is 15.7 Å². The smallest absolute Gasteiger partial charge is 0.126 e. The zero-order chi connectivity index (χ0) is 12.1. The molecule has 0 unspecified atom stereocenters. The van der Waals surface area contributed by atoms with Crippen molar-refractivity contribution in [3.05, 3.63) is 45.2 Å². The lowest BCUT2D eigenvalue weighted by molar-refractivity contribution is 0.299. The molecule has 2 aromatic rings. The van der Waals surface area contributed by atoms with Crippen molar-refractivity contribution in [2.24, 2.45) is 0 Å². The third-order valence-electron chi connectivity index (χ3n) is 2.30. The van der Waals surface area contributed by atoms with E-state index in [-0.39, 0.29) is 6.61 Å². The lowest BCUT2D eigenvalue weighted by atomic mass is 10.2. The summed E-state index contributed by atoms with van der Waals surface area (Å²) in [6.07, 6.45) is 2.40. The van der Waals surface area contributed by atoms with Crippen LogP contribution in [0.1, 0.15) is 10.4 Å². The number of aliphatic hydroxyl groups excluding tert-OH is 1. The molecule has 0 fully saturated rings. The summed E-state index contributed by atoms with van der Waals surface area (Å²) in [5.74, 6) is 0.820. The van der Waals surface area contributed by atoms with Crippen LogP contribution in [0.2, 0.25) is 4.34 Å². The molecule has 2 heterocycles. The van der Waals surface area contributed by atoms with Crippen LogP contribution in [0.15, 0.2) is 30.5 Å². The normalized spacial score (nSPS) is 10.5. The first-order chi connectivity index (χ1) is 8.28. The first-order valence-electron chi connectivity index (χ1n) is 5.32. The molecule has 3 nitrogen and oxygen atoms in total. The van der Waals surface area contributed by atoms with Gasteiger partial charge in [0.2, 0.25) is 0 Å². The van der Waals surface area contributed by atoms with E-state index in [9.17, 15) is 0 Å². The molecule has 0 aromatic carbocycles. The van der Waals surface area contributed by atoms with Crippen LogP contribution in [0.25, 0.3) is 0 Å². The fourth-order valence-corrected chi connectivity index (χ4v) is 2.51. The zero-order valence-corrected chi connectivity index (χ0v) is 10.8. The van der Waals surface area contributed by atoms with Crippen LogP contribution in [0.5, 0.6) is 0 Å². The molecule has 90 valence electrons. The standard InChI is InChI=1S/C12H13ClN2OS/c13-11-2-1-10(17-11)8-15-12-7-9(4-6-16)3-5-14-12/h1-3,5,7,16H,4,6,8H2,(H,14,15). The Morgan fingerprint density at radius 1 is 1.35 bits per heavy atom. The molecule has 2 aromatic heterocycles. The molecule has 2 N–H and O–H groups in total. The van der Waals surface area contributed by atoms with Gasteiger partial charge in [-0.3, -0.25) is 0 Å². The first-order valence-corrected chi connectivity index (χ1v) is 6.51. The number of aromatic nitrogens is 1. The van der Waals surface area contributed by atoms with Crippen LogP contribution < -0.4 is 5.32 Å². The molecule has 0 amide bonds. The van der Waals surface area contributed by atoms with Crippen molar-refractivity contribution in [3.63, 3.8) is 0 Å². The number of halogens is 1. The fourth-order valence-electron chi connectivity index (χ4n) is 1.48. The molecule has 2 rings (SSSR count). The number of aliphatic hydroxyl groups is 1. The van der Waals surface area contributed by atoms with E-state index in [4.69, 9.17) is 16.7 Å². The van der Waals surface area contributed by atoms with Crippen LogP contribution in [0, 0.1) is 0 Å². The van der Waals surface area contributed by atoms with Crippen molar-refractivity contribution >= 4 is 28.8 Å². The van der Waals surface area contributed by atoms with E-state index in [0.29, 0.717) is 13.0 Å². The monoisotopic (exact) mass is 268 g/mol. The van der Waals surface area contributed by atoms with Crippen molar-refractivity contribution in [3.8, 4) is 0 Å². The minimum Gasteiger partial charge on any atom is -0.396 e. The average molecular weight is 269 g/mol. The molecule has 5 heteroatoms. The molecule has 0 spiro atoms. The SMILES string of the molecule is OCCc1ccnc(NCc2ccc(Cl)s2)c1. The van der Waals surface area contributed by atoms with Gasteiger partial charge < -0.3 is 10.4 Å². The van der Waals surface area contributed by atoms with Gasteiger partial charge in [-0.2, -0.15) is 0 Å². The lowest BCUT2D eigenvalue weighted by Gasteiger charge is -2.05. The molecular weight excluding hydrogens is 256 g/mol. The number of anilines is 1. The van der Waals surface area contributed by atoms with Crippen molar-refractivity contribution in [1.29, 1.82) is 0 Å². The van der Waals surface area contributed by atoms with Crippen molar-refractivity contribution in [2.45, 2.75) is 13.0 Å². The maximum atomic E-state index is 8.87. The Morgan fingerprint density at radius 3 is 2.94 bits per heavy atom.